The van der Waals surface area contributed by atoms with E-state index in [9.17, 15) is 9.59 Å². The molecule has 0 aromatic rings. The largest absolute Gasteiger partial charge is 0.373 e. The van der Waals surface area contributed by atoms with Gasteiger partial charge in [-0.15, -0.1) is 0 Å². The van der Waals surface area contributed by atoms with Crippen LogP contribution in [0.2, 0.25) is 0 Å². The van der Waals surface area contributed by atoms with E-state index in [0.717, 1.165) is 51.4 Å². The van der Waals surface area contributed by atoms with Gasteiger partial charge >= 0.3 is 0 Å². The summed E-state index contributed by atoms with van der Waals surface area (Å²) in [5, 5.41) is 0. The van der Waals surface area contributed by atoms with E-state index in [0.29, 0.717) is 47.8 Å². The molecular weight excluding hydrogens is 408 g/mol. The van der Waals surface area contributed by atoms with Gasteiger partial charge < -0.3 is 4.74 Å². The van der Waals surface area contributed by atoms with Crippen LogP contribution < -0.4 is 0 Å². The van der Waals surface area contributed by atoms with Crippen LogP contribution in [0.4, 0.5) is 0 Å². The summed E-state index contributed by atoms with van der Waals surface area (Å²) in [6.45, 7) is 17.5. The molecule has 6 rings (SSSR count). The van der Waals surface area contributed by atoms with Crippen molar-refractivity contribution in [1.82, 2.24) is 0 Å². The number of carbonyl (C=O) groups is 2. The van der Waals surface area contributed by atoms with Gasteiger partial charge in [-0.05, 0) is 79.4 Å². The maximum Gasteiger partial charge on any atom is 0.142 e. The molecule has 33 heavy (non-hydrogen) atoms. The van der Waals surface area contributed by atoms with Crippen molar-refractivity contribution in [3.8, 4) is 0 Å². The van der Waals surface area contributed by atoms with E-state index in [4.69, 9.17) is 4.74 Å². The fraction of sp³-hybridized carbons (Fsp3) is 0.933. The van der Waals surface area contributed by atoms with Crippen LogP contribution in [0.15, 0.2) is 0 Å². The number of ketones is 2. The van der Waals surface area contributed by atoms with Gasteiger partial charge in [-0.3, -0.25) is 9.59 Å². The minimum absolute atomic E-state index is 0.0840. The Hall–Kier alpha value is -0.700. The Labute approximate surface area is 201 Å². The summed E-state index contributed by atoms with van der Waals surface area (Å²) in [4.78, 5) is 27.0. The number of rotatable bonds is 0. The molecule has 0 N–H and O–H groups in total. The molecular formula is C30H46O3. The number of carbonyl (C=O) groups excluding carboxylic acids is 2. The van der Waals surface area contributed by atoms with Crippen molar-refractivity contribution in [3.05, 3.63) is 0 Å². The molecule has 2 bridgehead atoms. The highest BCUT2D eigenvalue weighted by Crippen LogP contribution is 2.79. The molecule has 6 aliphatic rings. The van der Waals surface area contributed by atoms with Crippen LogP contribution in [-0.4, -0.2) is 23.8 Å². The van der Waals surface area contributed by atoms with Gasteiger partial charge in [0.05, 0.1) is 17.6 Å². The lowest BCUT2D eigenvalue weighted by Gasteiger charge is -2.73. The first kappa shape index (κ1) is 22.7. The highest BCUT2D eigenvalue weighted by atomic mass is 16.5. The lowest BCUT2D eigenvalue weighted by molar-refractivity contribution is -0.274. The monoisotopic (exact) mass is 454 g/mol. The van der Waals surface area contributed by atoms with Crippen LogP contribution in [0.1, 0.15) is 113 Å². The van der Waals surface area contributed by atoms with E-state index in [1.165, 1.54) is 6.42 Å². The third-order valence-corrected chi connectivity index (χ3v) is 13.7. The predicted molar refractivity (Wildman–Crippen MR) is 130 cm³/mol. The summed E-state index contributed by atoms with van der Waals surface area (Å²) in [6, 6.07) is 0. The second-order valence-corrected chi connectivity index (χ2v) is 15.4. The van der Waals surface area contributed by atoms with Crippen molar-refractivity contribution in [3.63, 3.8) is 0 Å². The van der Waals surface area contributed by atoms with Crippen molar-refractivity contribution in [1.29, 1.82) is 0 Å². The Morgan fingerprint density at radius 3 is 2.18 bits per heavy atom. The molecule has 4 unspecified atom stereocenters. The number of ether oxygens (including phenoxy) is 1. The maximum atomic E-state index is 14.1. The smallest absolute Gasteiger partial charge is 0.142 e. The summed E-state index contributed by atoms with van der Waals surface area (Å²) in [5.41, 5.74) is -0.136. The Balaban J connectivity index is 1.47. The molecule has 0 radical (unpaired) electrons. The lowest BCUT2D eigenvalue weighted by Crippen LogP contribution is -2.73. The summed E-state index contributed by atoms with van der Waals surface area (Å²) >= 11 is 0. The Morgan fingerprint density at radius 1 is 0.758 bits per heavy atom. The van der Waals surface area contributed by atoms with E-state index in [2.05, 4.69) is 48.5 Å². The Morgan fingerprint density at radius 2 is 1.45 bits per heavy atom. The molecule has 3 nitrogen and oxygen atoms in total. The topological polar surface area (TPSA) is 43.4 Å². The molecule has 3 heteroatoms. The molecule has 0 amide bonds. The minimum atomic E-state index is -0.223. The molecule has 5 aliphatic carbocycles. The van der Waals surface area contributed by atoms with Crippen molar-refractivity contribution in [2.24, 2.45) is 50.2 Å². The highest BCUT2D eigenvalue weighted by Gasteiger charge is 2.80. The quantitative estimate of drug-likeness (QED) is 0.406. The van der Waals surface area contributed by atoms with Gasteiger partial charge in [0, 0.05) is 29.6 Å². The minimum Gasteiger partial charge on any atom is -0.373 e. The van der Waals surface area contributed by atoms with Crippen molar-refractivity contribution in [2.75, 3.05) is 6.61 Å². The molecule has 1 heterocycles. The molecule has 0 aromatic heterocycles. The van der Waals surface area contributed by atoms with Gasteiger partial charge in [0.2, 0.25) is 0 Å². The van der Waals surface area contributed by atoms with Crippen LogP contribution in [0.5, 0.6) is 0 Å². The maximum absolute atomic E-state index is 14.1. The number of hydrogen-bond acceptors (Lipinski definition) is 3. The molecule has 5 saturated carbocycles. The molecule has 1 saturated heterocycles. The zero-order valence-corrected chi connectivity index (χ0v) is 22.2. The number of fused-ring (bicyclic) bond motifs is 4. The van der Waals surface area contributed by atoms with E-state index in [1.807, 2.05) is 0 Å². The molecule has 8 atom stereocenters. The van der Waals surface area contributed by atoms with Gasteiger partial charge in [0.25, 0.3) is 0 Å². The van der Waals surface area contributed by atoms with Crippen LogP contribution >= 0.6 is 0 Å². The van der Waals surface area contributed by atoms with Crippen LogP contribution in [0.3, 0.4) is 0 Å². The molecule has 1 spiro atoms. The lowest BCUT2D eigenvalue weighted by atomic mass is 9.30. The van der Waals surface area contributed by atoms with Crippen molar-refractivity contribution < 1.29 is 14.3 Å². The molecule has 6 fully saturated rings. The summed E-state index contributed by atoms with van der Waals surface area (Å²) in [5.74, 6) is 2.39. The van der Waals surface area contributed by atoms with Gasteiger partial charge in [-0.25, -0.2) is 0 Å². The summed E-state index contributed by atoms with van der Waals surface area (Å²) < 4.78 is 7.04. The standard InChI is InChI=1S/C30H46O3/c1-24(2)14-15-29-18-33-30(21(29)16-24)13-9-20-26(5)11-10-22(31)25(3,4)19(26)8-12-27(20,6)28(30,7)17-23(29)32/h19-21H,8-18H2,1-7H3/t19?,20?,21?,26-,27+,28-,29?,30-/m0/s1. The van der Waals surface area contributed by atoms with E-state index in [-0.39, 0.29) is 32.7 Å². The van der Waals surface area contributed by atoms with E-state index < -0.39 is 0 Å². The van der Waals surface area contributed by atoms with Gasteiger partial charge in [0.15, 0.2) is 0 Å². The first-order chi connectivity index (χ1) is 15.2. The zero-order chi connectivity index (χ0) is 23.9. The van der Waals surface area contributed by atoms with Gasteiger partial charge in [0.1, 0.15) is 11.6 Å². The van der Waals surface area contributed by atoms with E-state index in [1.54, 1.807) is 0 Å². The number of Topliss-reactive ketones (excluding diaryl/α,β-unsaturated/α-hetero) is 2. The predicted octanol–water partition coefficient (Wildman–Crippen LogP) is 6.77. The summed E-state index contributed by atoms with van der Waals surface area (Å²) in [6.07, 6.45) is 10.3. The first-order valence-corrected chi connectivity index (χ1v) is 13.9. The van der Waals surface area contributed by atoms with Gasteiger partial charge in [-0.2, -0.15) is 0 Å². The van der Waals surface area contributed by atoms with Crippen LogP contribution in [0, 0.1) is 50.2 Å². The molecule has 184 valence electrons. The van der Waals surface area contributed by atoms with E-state index >= 15 is 0 Å². The first-order valence-electron chi connectivity index (χ1n) is 13.9. The molecule has 1 aliphatic heterocycles. The van der Waals surface area contributed by atoms with Crippen LogP contribution in [-0.2, 0) is 14.3 Å². The highest BCUT2D eigenvalue weighted by molar-refractivity contribution is 5.89. The molecule has 0 aromatic carbocycles. The van der Waals surface area contributed by atoms with Crippen molar-refractivity contribution in [2.45, 2.75) is 118 Å². The average Bonchev–Trinajstić information content (AvgIpc) is 2.99. The Kier molecular flexibility index (Phi) is 4.25. The average molecular weight is 455 g/mol. The summed E-state index contributed by atoms with van der Waals surface area (Å²) in [7, 11) is 0. The van der Waals surface area contributed by atoms with Gasteiger partial charge in [-0.1, -0.05) is 48.5 Å². The second kappa shape index (κ2) is 6.16. The third-order valence-electron chi connectivity index (χ3n) is 13.7. The fourth-order valence-electron chi connectivity index (χ4n) is 11.6. The van der Waals surface area contributed by atoms with Crippen LogP contribution in [0.25, 0.3) is 0 Å². The fourth-order valence-corrected chi connectivity index (χ4v) is 11.6. The zero-order valence-electron chi connectivity index (χ0n) is 22.2. The second-order valence-electron chi connectivity index (χ2n) is 15.4. The Bertz CT molecular complexity index is 933. The number of hydrogen-bond donors (Lipinski definition) is 0. The SMILES string of the molecule is CC1(C)CCC23CO[C@@]4(CCC5[C@@]6(C)CCC(=O)C(C)(C)C6CC[C@@]5(C)[C@]4(C)CC2=O)C3C1. The third kappa shape index (κ3) is 2.33. The normalized spacial score (nSPS) is 56.4. The van der Waals surface area contributed by atoms with Crippen molar-refractivity contribution >= 4 is 11.6 Å².